The molecular weight excluding hydrogens is 757 g/mol. The number of ether oxygens (including phenoxy) is 3. The fraction of sp³-hybridized carbons (Fsp3) is 0.643. The van der Waals surface area contributed by atoms with E-state index in [1.165, 1.54) is 30.0 Å². The van der Waals surface area contributed by atoms with Crippen LogP contribution in [0.5, 0.6) is 11.5 Å². The summed E-state index contributed by atoms with van der Waals surface area (Å²) in [7, 11) is 1.46. The van der Waals surface area contributed by atoms with Crippen LogP contribution >= 0.6 is 11.9 Å². The van der Waals surface area contributed by atoms with Gasteiger partial charge in [-0.2, -0.15) is 0 Å². The van der Waals surface area contributed by atoms with E-state index in [-0.39, 0.29) is 58.6 Å². The Labute approximate surface area is 337 Å². The molecule has 5 atom stereocenters. The van der Waals surface area contributed by atoms with Crippen molar-refractivity contribution in [1.82, 2.24) is 25.2 Å². The minimum Gasteiger partial charge on any atom is -0.497 e. The van der Waals surface area contributed by atoms with Crippen molar-refractivity contribution >= 4 is 46.7 Å². The van der Waals surface area contributed by atoms with Crippen molar-refractivity contribution in [2.24, 2.45) is 5.92 Å². The number of pyridine rings is 1. The van der Waals surface area contributed by atoms with E-state index in [1.54, 1.807) is 32.9 Å². The number of benzene rings is 1. The number of aromatic nitrogens is 1. The Hall–Kier alpha value is -4.14. The number of amides is 4. The summed E-state index contributed by atoms with van der Waals surface area (Å²) in [5.41, 5.74) is -3.46. The molecule has 4 heterocycles. The summed E-state index contributed by atoms with van der Waals surface area (Å²) in [6.07, 6.45) is 7.46. The zero-order valence-electron chi connectivity index (χ0n) is 33.9. The Morgan fingerprint density at radius 1 is 1.12 bits per heavy atom. The summed E-state index contributed by atoms with van der Waals surface area (Å²) in [5.74, 6) is -5.37. The molecule has 15 heteroatoms. The van der Waals surface area contributed by atoms with Crippen LogP contribution in [0.1, 0.15) is 123 Å². The van der Waals surface area contributed by atoms with Crippen LogP contribution in [0.4, 0.5) is 13.6 Å². The Balaban J connectivity index is 1.28. The number of fused-ring (bicyclic) bond motifs is 5. The molecule has 3 aliphatic heterocycles. The van der Waals surface area contributed by atoms with Crippen LogP contribution in [0.25, 0.3) is 10.9 Å². The molecule has 57 heavy (non-hydrogen) atoms. The standard InChI is InChI=1S/C42H55F2N5O7S/c1-24(2)32-33-31(27-19-26(54-7)15-16-28(27)45-32)42(43,44)22-40(55-33)21-30-34(50)47-41(36(52)48-57-39(6)17-18-39)20-25(41)13-11-9-8-10-12-14-29(35(51)49(30)23-40)46-37(53)56-38(3,4)5/h11,13,15-16,19,24-25,29-30H,8-10,12,14,17-18,20-23H2,1-7H3,(H,46,53)(H,47,50)(H,48,52)/b13-11-/t25?,29?,30-,40-,41+/m0/s1. The zero-order valence-corrected chi connectivity index (χ0v) is 34.7. The van der Waals surface area contributed by atoms with Gasteiger partial charge in [-0.15, -0.1) is 0 Å². The molecule has 2 saturated carbocycles. The van der Waals surface area contributed by atoms with E-state index in [2.05, 4.69) is 22.3 Å². The third kappa shape index (κ3) is 8.40. The first-order valence-corrected chi connectivity index (χ1v) is 21.0. The second-order valence-electron chi connectivity index (χ2n) is 18.1. The van der Waals surface area contributed by atoms with Gasteiger partial charge in [0, 0.05) is 22.5 Å². The largest absolute Gasteiger partial charge is 0.497 e. The molecular formula is C42H55F2N5O7S. The zero-order chi connectivity index (χ0) is 41.1. The molecule has 2 aromatic rings. The quantitative estimate of drug-likeness (QED) is 0.204. The summed E-state index contributed by atoms with van der Waals surface area (Å²) in [6, 6.07) is 2.41. The van der Waals surface area contributed by atoms with Gasteiger partial charge in [-0.05, 0) is 102 Å². The molecule has 2 unspecified atom stereocenters. The first-order valence-electron chi connectivity index (χ1n) is 20.1. The lowest BCUT2D eigenvalue weighted by molar-refractivity contribution is -0.141. The SMILES string of the molecule is COc1ccc2nc(C(C)C)c3c(c2c1)C(F)(F)C[C@]1(C[C@H]2C(=O)N[C@]4(C(=O)NSC5(C)CC5)CC4/C=C\CCCCCC(NC(=O)OC(C)(C)C)C(=O)N2C1)O3. The van der Waals surface area contributed by atoms with Gasteiger partial charge in [0.25, 0.3) is 11.8 Å². The van der Waals surface area contributed by atoms with Crippen LogP contribution in [0.3, 0.4) is 0 Å². The minimum absolute atomic E-state index is 0.0620. The maximum atomic E-state index is 17.0. The first-order chi connectivity index (χ1) is 26.8. The fourth-order valence-electron chi connectivity index (χ4n) is 8.37. The highest BCUT2D eigenvalue weighted by atomic mass is 32.2. The maximum absolute atomic E-state index is 17.0. The van der Waals surface area contributed by atoms with E-state index in [0.29, 0.717) is 29.8 Å². The number of allylic oxidation sites excluding steroid dienone is 1. The molecule has 5 aliphatic rings. The second kappa shape index (κ2) is 14.9. The van der Waals surface area contributed by atoms with Crippen molar-refractivity contribution in [3.05, 3.63) is 41.6 Å². The molecule has 0 radical (unpaired) electrons. The van der Waals surface area contributed by atoms with Crippen molar-refractivity contribution < 1.29 is 42.2 Å². The number of halogens is 2. The van der Waals surface area contributed by atoms with Crippen LogP contribution < -0.4 is 24.8 Å². The number of rotatable bonds is 6. The van der Waals surface area contributed by atoms with Gasteiger partial charge in [0.2, 0.25) is 11.8 Å². The highest BCUT2D eigenvalue weighted by Crippen LogP contribution is 2.56. The molecule has 1 aromatic heterocycles. The Bertz CT molecular complexity index is 1980. The molecule has 1 saturated heterocycles. The molecule has 310 valence electrons. The van der Waals surface area contributed by atoms with E-state index < -0.39 is 59.1 Å². The monoisotopic (exact) mass is 811 g/mol. The van der Waals surface area contributed by atoms with Crippen LogP contribution in [-0.4, -0.2) is 80.9 Å². The summed E-state index contributed by atoms with van der Waals surface area (Å²) in [5, 5.41) is 5.93. The normalized spacial score (nSPS) is 29.8. The molecule has 3 N–H and O–H groups in total. The lowest BCUT2D eigenvalue weighted by Gasteiger charge is -2.41. The molecule has 1 aromatic carbocycles. The second-order valence-corrected chi connectivity index (χ2v) is 19.5. The van der Waals surface area contributed by atoms with E-state index in [9.17, 15) is 19.2 Å². The number of alkyl halides is 2. The smallest absolute Gasteiger partial charge is 0.408 e. The van der Waals surface area contributed by atoms with E-state index in [0.717, 1.165) is 32.1 Å². The molecule has 3 fully saturated rings. The number of alkyl carbamates (subject to hydrolysis) is 1. The van der Waals surface area contributed by atoms with Crippen LogP contribution in [0.2, 0.25) is 0 Å². The molecule has 12 nitrogen and oxygen atoms in total. The maximum Gasteiger partial charge on any atom is 0.408 e. The van der Waals surface area contributed by atoms with Crippen molar-refractivity contribution in [3.63, 3.8) is 0 Å². The van der Waals surface area contributed by atoms with Gasteiger partial charge >= 0.3 is 6.09 Å². The Kier molecular flexibility index (Phi) is 10.7. The number of hydrogen-bond acceptors (Lipinski definition) is 9. The number of methoxy groups -OCH3 is 1. The summed E-state index contributed by atoms with van der Waals surface area (Å²) >= 11 is 1.35. The molecule has 1 spiro atoms. The minimum atomic E-state index is -3.47. The van der Waals surface area contributed by atoms with E-state index >= 15 is 8.78 Å². The number of carbonyl (C=O) groups excluding carboxylic acids is 4. The number of nitrogens with one attached hydrogen (secondary N) is 3. The lowest BCUT2D eigenvalue weighted by atomic mass is 9.83. The van der Waals surface area contributed by atoms with Crippen LogP contribution in [0.15, 0.2) is 30.4 Å². The predicted octanol–water partition coefficient (Wildman–Crippen LogP) is 7.19. The highest BCUT2D eigenvalue weighted by Gasteiger charge is 2.64. The van der Waals surface area contributed by atoms with Gasteiger partial charge in [0.05, 0.1) is 36.8 Å². The molecule has 4 amide bonds. The van der Waals surface area contributed by atoms with E-state index in [4.69, 9.17) is 19.2 Å². The lowest BCUT2D eigenvalue weighted by Crippen LogP contribution is -2.57. The third-order valence-corrected chi connectivity index (χ3v) is 13.0. The summed E-state index contributed by atoms with van der Waals surface area (Å²) in [6.45, 7) is 10.5. The third-order valence-electron chi connectivity index (χ3n) is 11.8. The molecule has 2 aliphatic carbocycles. The molecule has 7 rings (SSSR count). The van der Waals surface area contributed by atoms with Crippen molar-refractivity contribution in [1.29, 1.82) is 0 Å². The van der Waals surface area contributed by atoms with Crippen molar-refractivity contribution in [3.8, 4) is 11.5 Å². The number of hydrogen-bond donors (Lipinski definition) is 3. The van der Waals surface area contributed by atoms with E-state index in [1.807, 2.05) is 26.0 Å². The Morgan fingerprint density at radius 3 is 2.56 bits per heavy atom. The average molecular weight is 812 g/mol. The Morgan fingerprint density at radius 2 is 1.88 bits per heavy atom. The summed E-state index contributed by atoms with van der Waals surface area (Å²) < 4.78 is 54.7. The van der Waals surface area contributed by atoms with Gasteiger partial charge in [-0.3, -0.25) is 19.1 Å². The summed E-state index contributed by atoms with van der Waals surface area (Å²) in [4.78, 5) is 62.6. The predicted molar refractivity (Wildman–Crippen MR) is 212 cm³/mol. The van der Waals surface area contributed by atoms with Gasteiger partial charge < -0.3 is 29.7 Å². The number of nitrogens with zero attached hydrogens (tertiary/aromatic N) is 2. The number of carbonyl (C=O) groups is 4. The van der Waals surface area contributed by atoms with Gasteiger partial charge in [-0.25, -0.2) is 18.6 Å². The fourth-order valence-corrected chi connectivity index (χ4v) is 9.20. The van der Waals surface area contributed by atoms with Crippen LogP contribution in [0, 0.1) is 5.92 Å². The van der Waals surface area contributed by atoms with Crippen molar-refractivity contribution in [2.75, 3.05) is 13.7 Å². The van der Waals surface area contributed by atoms with Gasteiger partial charge in [0.15, 0.2) is 5.75 Å². The van der Waals surface area contributed by atoms with Gasteiger partial charge in [0.1, 0.15) is 34.6 Å². The first kappa shape index (κ1) is 41.0. The van der Waals surface area contributed by atoms with Crippen molar-refractivity contribution in [2.45, 2.75) is 151 Å². The van der Waals surface area contributed by atoms with Gasteiger partial charge in [-0.1, -0.05) is 38.8 Å². The molecule has 0 bridgehead atoms. The highest BCUT2D eigenvalue weighted by molar-refractivity contribution is 7.99. The topological polar surface area (TPSA) is 148 Å². The average Bonchev–Trinajstić information content (AvgIpc) is 4.01. The van der Waals surface area contributed by atoms with Crippen LogP contribution in [-0.2, 0) is 25.0 Å².